The second kappa shape index (κ2) is 4.26. The number of hydrogen-bond acceptors (Lipinski definition) is 5. The van der Waals surface area contributed by atoms with Gasteiger partial charge in [0.25, 0.3) is 10.0 Å². The zero-order chi connectivity index (χ0) is 13.8. The number of aryl methyl sites for hydroxylation is 1. The van der Waals surface area contributed by atoms with Gasteiger partial charge in [-0.15, -0.1) is 0 Å². The third kappa shape index (κ3) is 1.89. The van der Waals surface area contributed by atoms with Crippen LogP contribution in [0.2, 0.25) is 0 Å². The molecule has 3 unspecified atom stereocenters. The molecule has 1 aromatic rings. The van der Waals surface area contributed by atoms with Gasteiger partial charge in [-0.2, -0.15) is 8.68 Å². The summed E-state index contributed by atoms with van der Waals surface area (Å²) in [5, 5.41) is 9.16. The number of sulfonamides is 1. The Labute approximate surface area is 115 Å². The van der Waals surface area contributed by atoms with Gasteiger partial charge < -0.3 is 5.11 Å². The summed E-state index contributed by atoms with van der Waals surface area (Å²) in [5.41, 5.74) is 0.671. The Balaban J connectivity index is 1.97. The first-order valence-corrected chi connectivity index (χ1v) is 8.32. The number of aromatic nitrogens is 1. The van der Waals surface area contributed by atoms with Gasteiger partial charge in [0, 0.05) is 12.1 Å². The molecule has 2 saturated heterocycles. The number of rotatable bonds is 3. The third-order valence-electron chi connectivity index (χ3n) is 3.93. The molecule has 19 heavy (non-hydrogen) atoms. The lowest BCUT2D eigenvalue weighted by atomic mass is 9.89. The molecule has 2 bridgehead atoms. The highest BCUT2D eigenvalue weighted by Gasteiger charge is 2.54. The van der Waals surface area contributed by atoms with Crippen LogP contribution in [0.4, 0.5) is 0 Å². The highest BCUT2D eigenvalue weighted by molar-refractivity contribution is 7.91. The molecule has 1 N–H and O–H groups in total. The van der Waals surface area contributed by atoms with E-state index in [2.05, 4.69) is 4.37 Å². The van der Waals surface area contributed by atoms with Gasteiger partial charge in [0.2, 0.25) is 0 Å². The van der Waals surface area contributed by atoms with E-state index >= 15 is 0 Å². The van der Waals surface area contributed by atoms with Crippen LogP contribution >= 0.6 is 11.5 Å². The molecular formula is C11H14N2O4S2. The molecule has 0 radical (unpaired) electrons. The molecule has 0 saturated carbocycles. The lowest BCUT2D eigenvalue weighted by molar-refractivity contribution is -0.142. The Hall–Kier alpha value is -0.990. The van der Waals surface area contributed by atoms with Gasteiger partial charge >= 0.3 is 5.97 Å². The maximum absolute atomic E-state index is 12.6. The number of carboxylic acids is 1. The van der Waals surface area contributed by atoms with Crippen LogP contribution in [0.5, 0.6) is 0 Å². The van der Waals surface area contributed by atoms with E-state index in [-0.39, 0.29) is 10.3 Å². The van der Waals surface area contributed by atoms with Gasteiger partial charge in [0.1, 0.15) is 0 Å². The summed E-state index contributed by atoms with van der Waals surface area (Å²) in [7, 11) is -3.59. The van der Waals surface area contributed by atoms with E-state index in [1.807, 2.05) is 0 Å². The van der Waals surface area contributed by atoms with E-state index in [0.29, 0.717) is 18.5 Å². The molecule has 0 aromatic carbocycles. The van der Waals surface area contributed by atoms with E-state index in [0.717, 1.165) is 18.0 Å². The van der Waals surface area contributed by atoms with Crippen molar-refractivity contribution < 1.29 is 18.3 Å². The fourth-order valence-electron chi connectivity index (χ4n) is 3.14. The minimum Gasteiger partial charge on any atom is -0.481 e. The summed E-state index contributed by atoms with van der Waals surface area (Å²) >= 11 is 0.958. The van der Waals surface area contributed by atoms with Crippen molar-refractivity contribution in [2.75, 3.05) is 0 Å². The fourth-order valence-corrected chi connectivity index (χ4v) is 6.12. The van der Waals surface area contributed by atoms with Gasteiger partial charge in [-0.3, -0.25) is 4.79 Å². The van der Waals surface area contributed by atoms with E-state index in [9.17, 15) is 13.2 Å². The maximum atomic E-state index is 12.6. The van der Waals surface area contributed by atoms with Crippen LogP contribution in [-0.2, 0) is 14.8 Å². The number of aliphatic carboxylic acids is 1. The van der Waals surface area contributed by atoms with E-state index in [1.165, 1.54) is 4.31 Å². The molecule has 2 aliphatic rings. The Morgan fingerprint density at radius 2 is 2.26 bits per heavy atom. The predicted molar refractivity (Wildman–Crippen MR) is 68.4 cm³/mol. The zero-order valence-electron chi connectivity index (χ0n) is 10.3. The molecule has 0 amide bonds. The zero-order valence-corrected chi connectivity index (χ0v) is 11.9. The maximum Gasteiger partial charge on any atom is 0.308 e. The third-order valence-corrected chi connectivity index (χ3v) is 7.21. The molecule has 6 nitrogen and oxygen atoms in total. The molecule has 3 rings (SSSR count). The summed E-state index contributed by atoms with van der Waals surface area (Å²) in [6.45, 7) is 1.74. The van der Waals surface area contributed by atoms with Crippen molar-refractivity contribution in [3.8, 4) is 0 Å². The summed E-state index contributed by atoms with van der Waals surface area (Å²) in [5.74, 6) is -1.46. The average Bonchev–Trinajstić information content (AvgIpc) is 3.01. The lowest BCUT2D eigenvalue weighted by Gasteiger charge is -2.21. The van der Waals surface area contributed by atoms with Crippen LogP contribution < -0.4 is 0 Å². The van der Waals surface area contributed by atoms with Crippen molar-refractivity contribution in [1.82, 2.24) is 8.68 Å². The normalized spacial score (nSPS) is 30.9. The minimum absolute atomic E-state index is 0.168. The molecule has 2 fully saturated rings. The average molecular weight is 302 g/mol. The van der Waals surface area contributed by atoms with Crippen molar-refractivity contribution in [1.29, 1.82) is 0 Å². The van der Waals surface area contributed by atoms with Crippen LogP contribution in [0.25, 0.3) is 0 Å². The highest BCUT2D eigenvalue weighted by atomic mass is 32.2. The molecule has 3 heterocycles. The summed E-state index contributed by atoms with van der Waals surface area (Å²) in [6.07, 6.45) is 1.82. The Morgan fingerprint density at radius 3 is 2.79 bits per heavy atom. The summed E-state index contributed by atoms with van der Waals surface area (Å²) in [4.78, 5) is 11.2. The molecular weight excluding hydrogens is 288 g/mol. The Bertz CT molecular complexity index is 624. The topological polar surface area (TPSA) is 87.6 Å². The number of hydrogen-bond donors (Lipinski definition) is 1. The smallest absolute Gasteiger partial charge is 0.308 e. The van der Waals surface area contributed by atoms with Gasteiger partial charge in [-0.05, 0) is 43.8 Å². The van der Waals surface area contributed by atoms with Gasteiger partial charge in [-0.25, -0.2) is 8.42 Å². The molecule has 104 valence electrons. The Kier molecular flexibility index (Phi) is 2.91. The van der Waals surface area contributed by atoms with Crippen molar-refractivity contribution in [3.05, 3.63) is 11.8 Å². The first-order valence-electron chi connectivity index (χ1n) is 6.11. The summed E-state index contributed by atoms with van der Waals surface area (Å²) < 4.78 is 30.8. The van der Waals surface area contributed by atoms with Crippen molar-refractivity contribution in [2.45, 2.75) is 42.5 Å². The molecule has 8 heteroatoms. The van der Waals surface area contributed by atoms with Crippen LogP contribution in [0.15, 0.2) is 10.3 Å². The standard InChI is InChI=1S/C11H14N2O4S2/c1-6-4-10(18-12-6)19(16,17)13-7-2-3-9(13)8(5-7)11(14)15/h4,7-9H,2-3,5H2,1H3,(H,14,15). The van der Waals surface area contributed by atoms with Gasteiger partial charge in [-0.1, -0.05) is 0 Å². The predicted octanol–water partition coefficient (Wildman–Crippen LogP) is 1.08. The van der Waals surface area contributed by atoms with E-state index in [1.54, 1.807) is 13.0 Å². The minimum atomic E-state index is -3.59. The largest absolute Gasteiger partial charge is 0.481 e. The SMILES string of the molecule is Cc1cc(S(=O)(=O)N2C3CCC2C(C(=O)O)C3)sn1. The van der Waals surface area contributed by atoms with E-state index < -0.39 is 28.0 Å². The van der Waals surface area contributed by atoms with Gasteiger partial charge in [0.05, 0.1) is 11.6 Å². The molecule has 2 aliphatic heterocycles. The first kappa shape index (κ1) is 13.0. The van der Waals surface area contributed by atoms with Crippen LogP contribution in [0.1, 0.15) is 25.0 Å². The number of carbonyl (C=O) groups is 1. The van der Waals surface area contributed by atoms with Crippen molar-refractivity contribution in [3.63, 3.8) is 0 Å². The van der Waals surface area contributed by atoms with Crippen molar-refractivity contribution >= 4 is 27.5 Å². The Morgan fingerprint density at radius 1 is 1.53 bits per heavy atom. The lowest BCUT2D eigenvalue weighted by Crippen LogP contribution is -2.37. The fraction of sp³-hybridized carbons (Fsp3) is 0.636. The summed E-state index contributed by atoms with van der Waals surface area (Å²) in [6, 6.07) is 0.987. The van der Waals surface area contributed by atoms with Crippen LogP contribution in [0.3, 0.4) is 0 Å². The monoisotopic (exact) mass is 302 g/mol. The van der Waals surface area contributed by atoms with Crippen LogP contribution in [0, 0.1) is 12.8 Å². The number of nitrogens with zero attached hydrogens (tertiary/aromatic N) is 2. The van der Waals surface area contributed by atoms with Crippen molar-refractivity contribution in [2.24, 2.45) is 5.92 Å². The van der Waals surface area contributed by atoms with Crippen LogP contribution in [-0.4, -0.2) is 40.3 Å². The first-order chi connectivity index (χ1) is 8.91. The molecule has 3 atom stereocenters. The quantitative estimate of drug-likeness (QED) is 0.902. The van der Waals surface area contributed by atoms with E-state index in [4.69, 9.17) is 5.11 Å². The number of fused-ring (bicyclic) bond motifs is 2. The molecule has 0 aliphatic carbocycles. The highest BCUT2D eigenvalue weighted by Crippen LogP contribution is 2.45. The van der Waals surface area contributed by atoms with Gasteiger partial charge in [0.15, 0.2) is 4.21 Å². The number of carboxylic acid groups (broad SMARTS) is 1. The molecule has 1 aromatic heterocycles. The second-order valence-corrected chi connectivity index (χ2v) is 7.98. The molecule has 0 spiro atoms. The second-order valence-electron chi connectivity index (χ2n) is 5.10.